The molecule has 25 heavy (non-hydrogen) atoms. The van der Waals surface area contributed by atoms with Crippen molar-refractivity contribution in [3.8, 4) is 0 Å². The van der Waals surface area contributed by atoms with Crippen molar-refractivity contribution >= 4 is 17.7 Å². The SMILES string of the molecule is CN1C[C@H]2CN(Cc3ccc(SC4CCCCC4)o3)C[C@@]2(C(=O)O)C1. The molecule has 0 amide bonds. The van der Waals surface area contributed by atoms with Gasteiger partial charge in [-0.2, -0.15) is 0 Å². The van der Waals surface area contributed by atoms with E-state index in [0.29, 0.717) is 18.3 Å². The van der Waals surface area contributed by atoms with Crippen molar-refractivity contribution in [2.45, 2.75) is 49.0 Å². The maximum atomic E-state index is 11.9. The van der Waals surface area contributed by atoms with Gasteiger partial charge < -0.3 is 14.4 Å². The number of aliphatic carboxylic acids is 1. The van der Waals surface area contributed by atoms with Crippen molar-refractivity contribution in [3.63, 3.8) is 0 Å². The van der Waals surface area contributed by atoms with E-state index in [4.69, 9.17) is 4.42 Å². The summed E-state index contributed by atoms with van der Waals surface area (Å²) in [7, 11) is 2.02. The van der Waals surface area contributed by atoms with Crippen LogP contribution in [0.1, 0.15) is 37.9 Å². The number of carboxylic acids is 1. The first-order valence-corrected chi connectivity index (χ1v) is 10.3. The summed E-state index contributed by atoms with van der Waals surface area (Å²) in [6, 6.07) is 4.16. The molecule has 1 aromatic rings. The summed E-state index contributed by atoms with van der Waals surface area (Å²) in [4.78, 5) is 16.3. The standard InChI is InChI=1S/C19H28N2O3S/c1-20-9-14-10-21(13-19(14,12-20)18(22)23)11-15-7-8-17(24-15)25-16-5-3-2-4-6-16/h7-8,14,16H,2-6,9-13H2,1H3,(H,22,23)/t14-,19-/m0/s1. The molecule has 0 unspecified atom stereocenters. The van der Waals surface area contributed by atoms with Crippen LogP contribution in [0.15, 0.2) is 21.6 Å². The van der Waals surface area contributed by atoms with Gasteiger partial charge in [-0.1, -0.05) is 31.0 Å². The number of thioether (sulfide) groups is 1. The molecule has 0 radical (unpaired) electrons. The van der Waals surface area contributed by atoms with Crippen LogP contribution in [0.2, 0.25) is 0 Å². The largest absolute Gasteiger partial charge is 0.481 e. The van der Waals surface area contributed by atoms with Crippen molar-refractivity contribution in [1.82, 2.24) is 9.80 Å². The summed E-state index contributed by atoms with van der Waals surface area (Å²) in [6.07, 6.45) is 6.64. The number of fused-ring (bicyclic) bond motifs is 1. The highest BCUT2D eigenvalue weighted by atomic mass is 32.2. The summed E-state index contributed by atoms with van der Waals surface area (Å²) in [5.74, 6) is 0.547. The molecule has 5 nitrogen and oxygen atoms in total. The lowest BCUT2D eigenvalue weighted by molar-refractivity contribution is -0.148. The van der Waals surface area contributed by atoms with E-state index in [1.807, 2.05) is 18.8 Å². The third-order valence-corrected chi connectivity index (χ3v) is 7.38. The highest BCUT2D eigenvalue weighted by Crippen LogP contribution is 2.43. The third kappa shape index (κ3) is 3.49. The van der Waals surface area contributed by atoms with E-state index in [1.165, 1.54) is 32.1 Å². The molecule has 2 saturated heterocycles. The lowest BCUT2D eigenvalue weighted by Gasteiger charge is -2.23. The molecule has 6 heteroatoms. The molecular formula is C19H28N2O3S. The molecule has 2 aliphatic heterocycles. The Hall–Kier alpha value is -0.980. The van der Waals surface area contributed by atoms with E-state index in [1.54, 1.807) is 0 Å². The van der Waals surface area contributed by atoms with Crippen LogP contribution >= 0.6 is 11.8 Å². The first-order chi connectivity index (χ1) is 12.0. The molecule has 4 rings (SSSR count). The van der Waals surface area contributed by atoms with Crippen LogP contribution in [-0.4, -0.2) is 59.4 Å². The molecule has 1 saturated carbocycles. The second-order valence-electron chi connectivity index (χ2n) is 8.12. The van der Waals surface area contributed by atoms with E-state index in [-0.39, 0.29) is 5.92 Å². The van der Waals surface area contributed by atoms with Crippen molar-refractivity contribution < 1.29 is 14.3 Å². The van der Waals surface area contributed by atoms with Gasteiger partial charge in [-0.15, -0.1) is 0 Å². The van der Waals surface area contributed by atoms with Crippen LogP contribution < -0.4 is 0 Å². The van der Waals surface area contributed by atoms with Gasteiger partial charge in [0, 0.05) is 37.3 Å². The zero-order valence-electron chi connectivity index (χ0n) is 14.9. The van der Waals surface area contributed by atoms with Crippen LogP contribution in [0.25, 0.3) is 0 Å². The Morgan fingerprint density at radius 2 is 2.08 bits per heavy atom. The highest BCUT2D eigenvalue weighted by molar-refractivity contribution is 7.99. The van der Waals surface area contributed by atoms with E-state index in [0.717, 1.165) is 30.5 Å². The van der Waals surface area contributed by atoms with Gasteiger partial charge in [0.2, 0.25) is 0 Å². The Morgan fingerprint density at radius 1 is 1.28 bits per heavy atom. The second kappa shape index (κ2) is 6.97. The quantitative estimate of drug-likeness (QED) is 0.866. The zero-order valence-corrected chi connectivity index (χ0v) is 15.8. The van der Waals surface area contributed by atoms with Crippen LogP contribution in [-0.2, 0) is 11.3 Å². The minimum Gasteiger partial charge on any atom is -0.481 e. The Kier molecular flexibility index (Phi) is 4.86. The number of hydrogen-bond donors (Lipinski definition) is 1. The first-order valence-electron chi connectivity index (χ1n) is 9.45. The van der Waals surface area contributed by atoms with Crippen LogP contribution in [0.4, 0.5) is 0 Å². The Labute approximate surface area is 153 Å². The van der Waals surface area contributed by atoms with Gasteiger partial charge in [-0.25, -0.2) is 0 Å². The van der Waals surface area contributed by atoms with Crippen molar-refractivity contribution in [3.05, 3.63) is 17.9 Å². The monoisotopic (exact) mass is 364 g/mol. The average molecular weight is 365 g/mol. The number of carboxylic acid groups (broad SMARTS) is 1. The van der Waals surface area contributed by atoms with E-state index in [9.17, 15) is 9.90 Å². The van der Waals surface area contributed by atoms with Gasteiger partial charge in [-0.3, -0.25) is 9.69 Å². The molecule has 0 aromatic carbocycles. The molecule has 138 valence electrons. The Bertz CT molecular complexity index is 628. The highest BCUT2D eigenvalue weighted by Gasteiger charge is 2.56. The number of hydrogen-bond acceptors (Lipinski definition) is 5. The molecule has 0 spiro atoms. The molecule has 0 bridgehead atoms. The lowest BCUT2D eigenvalue weighted by Crippen LogP contribution is -2.40. The molecule has 3 aliphatic rings. The molecular weight excluding hydrogens is 336 g/mol. The molecule has 1 aliphatic carbocycles. The fraction of sp³-hybridized carbons (Fsp3) is 0.737. The number of rotatable bonds is 5. The maximum Gasteiger partial charge on any atom is 0.312 e. The summed E-state index contributed by atoms with van der Waals surface area (Å²) < 4.78 is 6.05. The first kappa shape index (κ1) is 17.4. The van der Waals surface area contributed by atoms with Gasteiger partial charge in [0.15, 0.2) is 5.09 Å². The van der Waals surface area contributed by atoms with Gasteiger partial charge in [-0.05, 0) is 32.0 Å². The number of nitrogens with zero attached hydrogens (tertiary/aromatic N) is 2. The summed E-state index contributed by atoms with van der Waals surface area (Å²) in [6.45, 7) is 3.74. The van der Waals surface area contributed by atoms with E-state index < -0.39 is 11.4 Å². The molecule has 3 fully saturated rings. The van der Waals surface area contributed by atoms with Crippen LogP contribution in [0.3, 0.4) is 0 Å². The number of furan rings is 1. The fourth-order valence-corrected chi connectivity index (χ4v) is 6.12. The van der Waals surface area contributed by atoms with Gasteiger partial charge in [0.25, 0.3) is 0 Å². The Morgan fingerprint density at radius 3 is 2.80 bits per heavy atom. The minimum atomic E-state index is -0.641. The van der Waals surface area contributed by atoms with E-state index >= 15 is 0 Å². The number of likely N-dealkylation sites (tertiary alicyclic amines) is 2. The summed E-state index contributed by atoms with van der Waals surface area (Å²) in [5.41, 5.74) is -0.596. The minimum absolute atomic E-state index is 0.223. The fourth-order valence-electron chi connectivity index (χ4n) is 4.92. The topological polar surface area (TPSA) is 56.9 Å². The second-order valence-corrected chi connectivity index (χ2v) is 9.43. The molecule has 2 atom stereocenters. The smallest absolute Gasteiger partial charge is 0.312 e. The predicted molar refractivity (Wildman–Crippen MR) is 97.8 cm³/mol. The predicted octanol–water partition coefficient (Wildman–Crippen LogP) is 3.15. The molecule has 1 aromatic heterocycles. The van der Waals surface area contributed by atoms with Gasteiger partial charge in [0.1, 0.15) is 5.76 Å². The lowest BCUT2D eigenvalue weighted by atomic mass is 9.81. The average Bonchev–Trinajstić information content (AvgIpc) is 3.22. The molecule has 3 heterocycles. The summed E-state index contributed by atoms with van der Waals surface area (Å²) >= 11 is 1.88. The van der Waals surface area contributed by atoms with Gasteiger partial charge >= 0.3 is 5.97 Å². The molecule has 1 N–H and O–H groups in total. The van der Waals surface area contributed by atoms with E-state index in [2.05, 4.69) is 21.9 Å². The summed E-state index contributed by atoms with van der Waals surface area (Å²) in [5, 5.41) is 11.5. The van der Waals surface area contributed by atoms with Crippen LogP contribution in [0.5, 0.6) is 0 Å². The van der Waals surface area contributed by atoms with Crippen molar-refractivity contribution in [2.75, 3.05) is 33.2 Å². The normalized spacial score (nSPS) is 31.5. The van der Waals surface area contributed by atoms with Gasteiger partial charge in [0.05, 0.1) is 12.0 Å². The van der Waals surface area contributed by atoms with Crippen LogP contribution in [0, 0.1) is 11.3 Å². The third-order valence-electron chi connectivity index (χ3n) is 6.13. The van der Waals surface area contributed by atoms with Crippen molar-refractivity contribution in [2.24, 2.45) is 11.3 Å². The number of carbonyl (C=O) groups is 1. The zero-order chi connectivity index (χ0) is 17.4. The maximum absolute atomic E-state index is 11.9. The van der Waals surface area contributed by atoms with Crippen molar-refractivity contribution in [1.29, 1.82) is 0 Å². The Balaban J connectivity index is 1.36.